The highest BCUT2D eigenvalue weighted by atomic mass is 19.1. The molecule has 4 heterocycles. The van der Waals surface area contributed by atoms with Crippen molar-refractivity contribution in [1.82, 2.24) is 15.3 Å². The first-order chi connectivity index (χ1) is 16.0. The molecule has 2 aliphatic rings. The maximum absolute atomic E-state index is 16.0. The van der Waals surface area contributed by atoms with Gasteiger partial charge in [0.1, 0.15) is 17.0 Å². The molecule has 0 spiro atoms. The van der Waals surface area contributed by atoms with Crippen molar-refractivity contribution in [2.75, 3.05) is 11.4 Å². The highest BCUT2D eigenvalue weighted by molar-refractivity contribution is 6.02. The number of pyridine rings is 2. The van der Waals surface area contributed by atoms with Crippen LogP contribution in [0, 0.1) is 30.9 Å². The second-order valence-electron chi connectivity index (χ2n) is 8.92. The van der Waals surface area contributed by atoms with E-state index >= 15 is 4.39 Å². The number of terminal acetylenes is 1. The summed E-state index contributed by atoms with van der Waals surface area (Å²) in [5.74, 6) is 1.39. The molecule has 4 nitrogen and oxygen atoms in total. The minimum Gasteiger partial charge on any atom is -0.362 e. The lowest BCUT2D eigenvalue weighted by atomic mass is 9.87. The van der Waals surface area contributed by atoms with E-state index in [2.05, 4.69) is 33.0 Å². The molecule has 2 saturated heterocycles. The van der Waals surface area contributed by atoms with Crippen molar-refractivity contribution >= 4 is 27.4 Å². The molecule has 4 aromatic rings. The molecule has 2 aromatic heterocycles. The minimum atomic E-state index is -0.522. The van der Waals surface area contributed by atoms with E-state index in [-0.39, 0.29) is 16.8 Å². The molecule has 2 fully saturated rings. The lowest BCUT2D eigenvalue weighted by Crippen LogP contribution is -2.67. The summed E-state index contributed by atoms with van der Waals surface area (Å²) in [6.07, 6.45) is 8.36. The molecule has 1 N–H and O–H groups in total. The van der Waals surface area contributed by atoms with Crippen molar-refractivity contribution < 1.29 is 8.78 Å². The number of benzene rings is 2. The van der Waals surface area contributed by atoms with Crippen LogP contribution in [-0.4, -0.2) is 34.6 Å². The number of fused-ring (bicyclic) bond motifs is 3. The average molecular weight is 440 g/mol. The smallest absolute Gasteiger partial charge is 0.175 e. The SMILES string of the molecule is C#Cc1c(F)ccc2cccc(-c3ncc4c(N5[C@@H]6CCN[C@@H]6[C@@H]5C)cc(C)nc4c3F)c12. The van der Waals surface area contributed by atoms with Crippen LogP contribution in [-0.2, 0) is 0 Å². The molecule has 2 aromatic carbocycles. The predicted molar refractivity (Wildman–Crippen MR) is 127 cm³/mol. The fraction of sp³-hybridized carbons (Fsp3) is 0.259. The standard InChI is InChI=1S/C27H22F2N4/c1-4-17-20(28)9-8-16-6-5-7-18(23(16)17)26-24(29)27-19(13-31-26)22(12-14(2)32-27)33-15(3)25-21(33)10-11-30-25/h1,5-9,12-13,15,21,25,30H,10-11H2,2-3H3/t15-,21+,25+/m0/s1. The number of aryl methyl sites for hydroxylation is 1. The molecule has 0 unspecified atom stereocenters. The van der Waals surface area contributed by atoms with Crippen LogP contribution in [0.2, 0.25) is 0 Å². The third-order valence-electron chi connectivity index (χ3n) is 7.13. The topological polar surface area (TPSA) is 41.1 Å². The largest absolute Gasteiger partial charge is 0.362 e. The number of nitrogens with zero attached hydrogens (tertiary/aromatic N) is 3. The quantitative estimate of drug-likeness (QED) is 0.448. The Kier molecular flexibility index (Phi) is 4.40. The van der Waals surface area contributed by atoms with Crippen molar-refractivity contribution in [3.8, 4) is 23.6 Å². The highest BCUT2D eigenvalue weighted by Crippen LogP contribution is 2.42. The van der Waals surface area contributed by atoms with Gasteiger partial charge in [0.05, 0.1) is 11.3 Å². The number of rotatable bonds is 2. The Morgan fingerprint density at radius 3 is 2.88 bits per heavy atom. The van der Waals surface area contributed by atoms with Crippen LogP contribution in [0.4, 0.5) is 14.5 Å². The average Bonchev–Trinajstić information content (AvgIpc) is 3.23. The van der Waals surface area contributed by atoms with E-state index in [0.29, 0.717) is 34.5 Å². The van der Waals surface area contributed by atoms with E-state index in [0.717, 1.165) is 29.7 Å². The predicted octanol–water partition coefficient (Wildman–Crippen LogP) is 4.96. The Bertz CT molecular complexity index is 1490. The van der Waals surface area contributed by atoms with Gasteiger partial charge in [0, 0.05) is 46.4 Å². The van der Waals surface area contributed by atoms with Gasteiger partial charge in [0.15, 0.2) is 5.82 Å². The Morgan fingerprint density at radius 2 is 2.06 bits per heavy atom. The van der Waals surface area contributed by atoms with Gasteiger partial charge in [0.25, 0.3) is 0 Å². The van der Waals surface area contributed by atoms with Gasteiger partial charge in [-0.25, -0.2) is 13.8 Å². The number of nitrogens with one attached hydrogen (secondary N) is 1. The van der Waals surface area contributed by atoms with Crippen molar-refractivity contribution in [3.63, 3.8) is 0 Å². The second-order valence-corrected chi connectivity index (χ2v) is 8.92. The Hall–Kier alpha value is -3.56. The van der Waals surface area contributed by atoms with Crippen molar-refractivity contribution in [2.45, 2.75) is 38.4 Å². The summed E-state index contributed by atoms with van der Waals surface area (Å²) in [6, 6.07) is 11.5. The molecule has 0 aliphatic carbocycles. The molecule has 33 heavy (non-hydrogen) atoms. The molecule has 0 bridgehead atoms. The molecular formula is C27H22F2N4. The summed E-state index contributed by atoms with van der Waals surface area (Å²) in [4.78, 5) is 11.4. The zero-order chi connectivity index (χ0) is 22.9. The molecule has 6 heteroatoms. The van der Waals surface area contributed by atoms with Crippen molar-refractivity contribution in [1.29, 1.82) is 0 Å². The van der Waals surface area contributed by atoms with Crippen LogP contribution in [0.1, 0.15) is 24.6 Å². The fourth-order valence-electron chi connectivity index (χ4n) is 5.64. The first kappa shape index (κ1) is 20.1. The van der Waals surface area contributed by atoms with Crippen molar-refractivity contribution in [2.24, 2.45) is 0 Å². The van der Waals surface area contributed by atoms with Crippen LogP contribution in [0.25, 0.3) is 32.9 Å². The van der Waals surface area contributed by atoms with E-state index in [1.54, 1.807) is 24.4 Å². The molecule has 6 rings (SSSR count). The van der Waals surface area contributed by atoms with Gasteiger partial charge in [-0.3, -0.25) is 4.98 Å². The van der Waals surface area contributed by atoms with Crippen LogP contribution < -0.4 is 10.2 Å². The number of halogens is 2. The van der Waals surface area contributed by atoms with Gasteiger partial charge in [-0.1, -0.05) is 30.2 Å². The zero-order valence-electron chi connectivity index (χ0n) is 18.4. The number of aromatic nitrogens is 2. The van der Waals surface area contributed by atoms with Crippen LogP contribution in [0.15, 0.2) is 42.6 Å². The van der Waals surface area contributed by atoms with E-state index in [1.807, 2.05) is 19.1 Å². The normalized spacial score (nSPS) is 21.8. The van der Waals surface area contributed by atoms with E-state index in [4.69, 9.17) is 6.42 Å². The van der Waals surface area contributed by atoms with Gasteiger partial charge >= 0.3 is 0 Å². The summed E-state index contributed by atoms with van der Waals surface area (Å²) in [5, 5.41) is 5.44. The third kappa shape index (κ3) is 2.79. The van der Waals surface area contributed by atoms with E-state index < -0.39 is 11.6 Å². The molecule has 0 radical (unpaired) electrons. The van der Waals surface area contributed by atoms with Crippen LogP contribution >= 0.6 is 0 Å². The Labute approximate surface area is 190 Å². The molecule has 164 valence electrons. The molecule has 0 amide bonds. The molecule has 0 saturated carbocycles. The lowest BCUT2D eigenvalue weighted by molar-refractivity contribution is 0.308. The molecule has 3 atom stereocenters. The van der Waals surface area contributed by atoms with Gasteiger partial charge in [0.2, 0.25) is 0 Å². The van der Waals surface area contributed by atoms with Gasteiger partial charge in [-0.2, -0.15) is 0 Å². The van der Waals surface area contributed by atoms with Gasteiger partial charge in [-0.05, 0) is 44.3 Å². The zero-order valence-corrected chi connectivity index (χ0v) is 18.4. The van der Waals surface area contributed by atoms with Crippen LogP contribution in [0.3, 0.4) is 0 Å². The number of anilines is 1. The van der Waals surface area contributed by atoms with Crippen molar-refractivity contribution in [3.05, 3.63) is 65.5 Å². The lowest BCUT2D eigenvalue weighted by Gasteiger charge is -2.52. The maximum atomic E-state index is 16.0. The molecular weight excluding hydrogens is 418 g/mol. The Balaban J connectivity index is 1.58. The van der Waals surface area contributed by atoms with E-state index in [9.17, 15) is 4.39 Å². The van der Waals surface area contributed by atoms with E-state index in [1.165, 1.54) is 6.07 Å². The summed E-state index contributed by atoms with van der Waals surface area (Å²) in [6.45, 7) is 5.05. The molecule has 2 aliphatic heterocycles. The first-order valence-corrected chi connectivity index (χ1v) is 11.2. The van der Waals surface area contributed by atoms with Gasteiger partial charge < -0.3 is 10.2 Å². The Morgan fingerprint density at radius 1 is 1.21 bits per heavy atom. The third-order valence-corrected chi connectivity index (χ3v) is 7.13. The second kappa shape index (κ2) is 7.23. The minimum absolute atomic E-state index is 0.108. The monoisotopic (exact) mass is 440 g/mol. The maximum Gasteiger partial charge on any atom is 0.175 e. The van der Waals surface area contributed by atoms with Gasteiger partial charge in [-0.15, -0.1) is 6.42 Å². The summed E-state index contributed by atoms with van der Waals surface area (Å²) in [7, 11) is 0. The first-order valence-electron chi connectivity index (χ1n) is 11.2. The number of hydrogen-bond donors (Lipinski definition) is 1. The fourth-order valence-corrected chi connectivity index (χ4v) is 5.64. The number of hydrogen-bond acceptors (Lipinski definition) is 4. The summed E-state index contributed by atoms with van der Waals surface area (Å²) >= 11 is 0. The van der Waals surface area contributed by atoms with Crippen LogP contribution in [0.5, 0.6) is 0 Å². The summed E-state index contributed by atoms with van der Waals surface area (Å²) in [5.41, 5.74) is 2.66. The summed E-state index contributed by atoms with van der Waals surface area (Å²) < 4.78 is 30.5. The highest BCUT2D eigenvalue weighted by Gasteiger charge is 2.48.